The normalized spacial score (nSPS) is 19.0. The Balaban J connectivity index is 1.74. The lowest BCUT2D eigenvalue weighted by molar-refractivity contribution is -0.154. The number of aliphatic hydroxyl groups is 1. The fraction of sp³-hybridized carbons (Fsp3) is 0.333. The van der Waals surface area contributed by atoms with Gasteiger partial charge in [0, 0.05) is 25.7 Å². The maximum absolute atomic E-state index is 13.6. The quantitative estimate of drug-likeness (QED) is 0.334. The lowest BCUT2D eigenvalue weighted by Gasteiger charge is -2.37. The Morgan fingerprint density at radius 1 is 0.925 bits per heavy atom. The van der Waals surface area contributed by atoms with Gasteiger partial charge in [0.1, 0.15) is 12.1 Å². The van der Waals surface area contributed by atoms with Gasteiger partial charge in [-0.15, -0.1) is 11.6 Å². The van der Waals surface area contributed by atoms with E-state index in [9.17, 15) is 33.0 Å². The molecular weight excluding hydrogens is 545 g/mol. The van der Waals surface area contributed by atoms with Crippen LogP contribution in [0.25, 0.3) is 0 Å². The fourth-order valence-corrected chi connectivity index (χ4v) is 5.40. The number of carbonyl (C=O) groups is 2. The molecule has 40 heavy (non-hydrogen) atoms. The first kappa shape index (κ1) is 29.6. The summed E-state index contributed by atoms with van der Waals surface area (Å²) >= 11 is 6.19. The summed E-state index contributed by atoms with van der Waals surface area (Å²) < 4.78 is 40.5. The second-order valence-electron chi connectivity index (χ2n) is 9.97. The molecule has 1 saturated heterocycles. The van der Waals surface area contributed by atoms with Gasteiger partial charge in [0.05, 0.1) is 10.9 Å². The van der Waals surface area contributed by atoms with Crippen LogP contribution in [-0.4, -0.2) is 62.0 Å². The molecular formula is C30H30ClF3N2O4. The van der Waals surface area contributed by atoms with Gasteiger partial charge in [-0.1, -0.05) is 78.9 Å². The molecule has 2 N–H and O–H groups in total. The second kappa shape index (κ2) is 12.8. The number of benzene rings is 3. The molecule has 3 aromatic carbocycles. The predicted octanol–water partition coefficient (Wildman–Crippen LogP) is 4.97. The van der Waals surface area contributed by atoms with Crippen LogP contribution in [0.5, 0.6) is 0 Å². The topological polar surface area (TPSA) is 81.1 Å². The van der Waals surface area contributed by atoms with Crippen molar-refractivity contribution in [2.75, 3.05) is 6.54 Å². The molecule has 0 radical (unpaired) electrons. The summed E-state index contributed by atoms with van der Waals surface area (Å²) in [5.41, 5.74) is 1.19. The molecule has 0 spiro atoms. The van der Waals surface area contributed by atoms with E-state index in [0.717, 1.165) is 28.2 Å². The van der Waals surface area contributed by atoms with Crippen LogP contribution in [0.15, 0.2) is 84.9 Å². The minimum atomic E-state index is -4.56. The minimum absolute atomic E-state index is 0.0331. The number of alkyl halides is 4. The van der Waals surface area contributed by atoms with Crippen LogP contribution in [-0.2, 0) is 35.3 Å². The van der Waals surface area contributed by atoms with Gasteiger partial charge < -0.3 is 15.1 Å². The molecule has 0 saturated carbocycles. The van der Waals surface area contributed by atoms with Crippen molar-refractivity contribution in [3.63, 3.8) is 0 Å². The van der Waals surface area contributed by atoms with Crippen molar-refractivity contribution in [1.29, 1.82) is 0 Å². The highest BCUT2D eigenvalue weighted by atomic mass is 35.5. The van der Waals surface area contributed by atoms with Crippen molar-refractivity contribution in [3.05, 3.63) is 107 Å². The van der Waals surface area contributed by atoms with E-state index in [1.807, 2.05) is 65.6 Å². The number of carboxylic acids is 1. The first-order valence-electron chi connectivity index (χ1n) is 12.9. The summed E-state index contributed by atoms with van der Waals surface area (Å²) in [6, 6.07) is 21.2. The summed E-state index contributed by atoms with van der Waals surface area (Å²) in [6.07, 6.45) is -6.35. The molecule has 212 valence electrons. The Bertz CT molecular complexity index is 1250. The summed E-state index contributed by atoms with van der Waals surface area (Å²) in [5, 5.41) is 20.6. The molecule has 4 rings (SSSR count). The number of aliphatic carboxylic acids is 1. The number of likely N-dealkylation sites (tertiary alicyclic amines) is 1. The standard InChI is InChI=1S/C30H30ClF3N2O4/c31-24-16-26(29(39)40)36(19-24)28(38)27(37)25(15-22-12-7-13-23(14-22)30(32,33)34)35(17-20-8-3-1-4-9-20)18-21-10-5-2-6-11-21/h1-14,24-27,37H,15-19H2,(H,39,40)/t24-,25-,26-,27-/m0/s1. The van der Waals surface area contributed by atoms with E-state index in [0.29, 0.717) is 0 Å². The molecule has 1 heterocycles. The van der Waals surface area contributed by atoms with Gasteiger partial charge in [-0.25, -0.2) is 4.79 Å². The van der Waals surface area contributed by atoms with Gasteiger partial charge in [0.15, 0.2) is 0 Å². The molecule has 1 amide bonds. The molecule has 1 fully saturated rings. The van der Waals surface area contributed by atoms with Crippen LogP contribution < -0.4 is 0 Å². The van der Waals surface area contributed by atoms with Gasteiger partial charge in [0.2, 0.25) is 0 Å². The van der Waals surface area contributed by atoms with Crippen molar-refractivity contribution in [2.45, 2.75) is 55.7 Å². The van der Waals surface area contributed by atoms with Crippen LogP contribution in [0, 0.1) is 0 Å². The zero-order valence-corrected chi connectivity index (χ0v) is 22.3. The highest BCUT2D eigenvalue weighted by Gasteiger charge is 2.43. The monoisotopic (exact) mass is 574 g/mol. The molecule has 1 aliphatic rings. The highest BCUT2D eigenvalue weighted by molar-refractivity contribution is 6.21. The SMILES string of the molecule is O=C(O)[C@@H]1C[C@H](Cl)CN1C(=O)[C@@H](O)[C@H](Cc1cccc(C(F)(F)F)c1)N(Cc1ccccc1)Cc1ccccc1. The van der Waals surface area contributed by atoms with Gasteiger partial charge in [-0.05, 0) is 35.6 Å². The van der Waals surface area contributed by atoms with Crippen LogP contribution in [0.4, 0.5) is 13.2 Å². The molecule has 0 aliphatic carbocycles. The first-order valence-corrected chi connectivity index (χ1v) is 13.3. The fourth-order valence-electron chi connectivity index (χ4n) is 5.08. The highest BCUT2D eigenvalue weighted by Crippen LogP contribution is 2.31. The lowest BCUT2D eigenvalue weighted by atomic mass is 9.95. The Morgan fingerprint density at radius 3 is 2.00 bits per heavy atom. The zero-order chi connectivity index (χ0) is 28.9. The van der Waals surface area contributed by atoms with E-state index >= 15 is 0 Å². The van der Waals surface area contributed by atoms with Crippen molar-refractivity contribution >= 4 is 23.5 Å². The Kier molecular flexibility index (Phi) is 9.50. The van der Waals surface area contributed by atoms with Gasteiger partial charge in [-0.2, -0.15) is 13.2 Å². The maximum Gasteiger partial charge on any atom is 0.416 e. The Labute approximate surface area is 235 Å². The number of carbonyl (C=O) groups excluding carboxylic acids is 1. The molecule has 0 bridgehead atoms. The lowest BCUT2D eigenvalue weighted by Crippen LogP contribution is -2.54. The molecule has 4 atom stereocenters. The van der Waals surface area contributed by atoms with Crippen molar-refractivity contribution in [3.8, 4) is 0 Å². The third-order valence-electron chi connectivity index (χ3n) is 7.06. The zero-order valence-electron chi connectivity index (χ0n) is 21.5. The number of halogens is 4. The smallest absolute Gasteiger partial charge is 0.416 e. The van der Waals surface area contributed by atoms with Crippen LogP contribution in [0.3, 0.4) is 0 Å². The number of carboxylic acid groups (broad SMARTS) is 1. The largest absolute Gasteiger partial charge is 0.480 e. The third-order valence-corrected chi connectivity index (χ3v) is 7.38. The number of aliphatic hydroxyl groups excluding tert-OH is 1. The van der Waals surface area contributed by atoms with Gasteiger partial charge in [0.25, 0.3) is 5.91 Å². The van der Waals surface area contributed by atoms with E-state index < -0.39 is 47.2 Å². The summed E-state index contributed by atoms with van der Waals surface area (Å²) in [4.78, 5) is 28.4. The van der Waals surface area contributed by atoms with E-state index in [1.54, 1.807) is 0 Å². The van der Waals surface area contributed by atoms with Crippen LogP contribution in [0.1, 0.15) is 28.7 Å². The first-order chi connectivity index (χ1) is 19.0. The van der Waals surface area contributed by atoms with Gasteiger partial charge in [-0.3, -0.25) is 9.69 Å². The molecule has 1 aliphatic heterocycles. The molecule has 0 aromatic heterocycles. The number of amides is 1. The minimum Gasteiger partial charge on any atom is -0.480 e. The number of hydrogen-bond donors (Lipinski definition) is 2. The maximum atomic E-state index is 13.6. The number of hydrogen-bond acceptors (Lipinski definition) is 4. The molecule has 3 aromatic rings. The van der Waals surface area contributed by atoms with Gasteiger partial charge >= 0.3 is 12.1 Å². The summed E-state index contributed by atoms with van der Waals surface area (Å²) in [5.74, 6) is -2.05. The summed E-state index contributed by atoms with van der Waals surface area (Å²) in [7, 11) is 0. The number of nitrogens with zero attached hydrogens (tertiary/aromatic N) is 2. The number of rotatable bonds is 10. The van der Waals surface area contributed by atoms with Crippen molar-refractivity contribution in [1.82, 2.24) is 9.80 Å². The summed E-state index contributed by atoms with van der Waals surface area (Å²) in [6.45, 7) is 0.510. The molecule has 10 heteroatoms. The molecule has 0 unspecified atom stereocenters. The average molecular weight is 575 g/mol. The Hall–Kier alpha value is -3.40. The second-order valence-corrected chi connectivity index (χ2v) is 10.6. The van der Waals surface area contributed by atoms with Crippen molar-refractivity contribution < 1.29 is 33.0 Å². The van der Waals surface area contributed by atoms with E-state index in [-0.39, 0.29) is 38.0 Å². The van der Waals surface area contributed by atoms with Crippen molar-refractivity contribution in [2.24, 2.45) is 0 Å². The van der Waals surface area contributed by atoms with E-state index in [4.69, 9.17) is 11.6 Å². The predicted molar refractivity (Wildman–Crippen MR) is 144 cm³/mol. The molecule has 6 nitrogen and oxygen atoms in total. The third kappa shape index (κ3) is 7.41. The van der Waals surface area contributed by atoms with E-state index in [1.165, 1.54) is 12.1 Å². The van der Waals surface area contributed by atoms with Crippen LogP contribution >= 0.6 is 11.6 Å². The average Bonchev–Trinajstić information content (AvgIpc) is 3.33. The van der Waals surface area contributed by atoms with E-state index in [2.05, 4.69) is 0 Å². The Morgan fingerprint density at radius 2 is 1.48 bits per heavy atom. The van der Waals surface area contributed by atoms with Crippen LogP contribution in [0.2, 0.25) is 0 Å².